The Morgan fingerprint density at radius 1 is 1.29 bits per heavy atom. The Labute approximate surface area is 142 Å². The Kier molecular flexibility index (Phi) is 5.20. The van der Waals surface area contributed by atoms with Gasteiger partial charge >= 0.3 is 0 Å². The zero-order valence-corrected chi connectivity index (χ0v) is 14.1. The molecule has 3 rings (SSSR count). The molecule has 0 radical (unpaired) electrons. The number of amides is 1. The fraction of sp³-hybridized carbons (Fsp3) is 0.611. The highest BCUT2D eigenvalue weighted by Gasteiger charge is 2.48. The molecule has 2 heterocycles. The number of rotatable bonds is 5. The van der Waals surface area contributed by atoms with Gasteiger partial charge in [0.2, 0.25) is 5.91 Å². The maximum Gasteiger partial charge on any atom is 0.220 e. The largest absolute Gasteiger partial charge is 0.394 e. The van der Waals surface area contributed by atoms with Gasteiger partial charge in [-0.3, -0.25) is 4.79 Å². The number of hydrogen-bond acceptors (Lipinski definition) is 5. The first-order chi connectivity index (χ1) is 11.5. The van der Waals surface area contributed by atoms with E-state index in [2.05, 4.69) is 5.32 Å². The van der Waals surface area contributed by atoms with Gasteiger partial charge < -0.3 is 24.6 Å². The van der Waals surface area contributed by atoms with Gasteiger partial charge in [0.1, 0.15) is 12.2 Å². The number of piperidine rings is 1. The molecule has 24 heavy (non-hydrogen) atoms. The third kappa shape index (κ3) is 3.95. The van der Waals surface area contributed by atoms with Crippen molar-refractivity contribution in [3.63, 3.8) is 0 Å². The average Bonchev–Trinajstić information content (AvgIpc) is 2.89. The number of aliphatic hydroxyl groups is 1. The number of benzene rings is 1. The van der Waals surface area contributed by atoms with Crippen LogP contribution in [0.25, 0.3) is 0 Å². The highest BCUT2D eigenvalue weighted by molar-refractivity contribution is 5.77. The lowest BCUT2D eigenvalue weighted by molar-refractivity contribution is -0.158. The average molecular weight is 335 g/mol. The Balaban J connectivity index is 1.71. The minimum absolute atomic E-state index is 0.0236. The predicted octanol–water partition coefficient (Wildman–Crippen LogP) is 1.36. The van der Waals surface area contributed by atoms with Crippen LogP contribution >= 0.6 is 0 Å². The minimum Gasteiger partial charge on any atom is -0.394 e. The van der Waals surface area contributed by atoms with Crippen molar-refractivity contribution in [3.05, 3.63) is 35.9 Å². The van der Waals surface area contributed by atoms with E-state index >= 15 is 0 Å². The second kappa shape index (κ2) is 7.19. The van der Waals surface area contributed by atoms with E-state index in [1.165, 1.54) is 0 Å². The lowest BCUT2D eigenvalue weighted by atomic mass is 9.93. The van der Waals surface area contributed by atoms with Crippen molar-refractivity contribution in [2.24, 2.45) is 0 Å². The highest BCUT2D eigenvalue weighted by atomic mass is 16.8. The first-order valence-corrected chi connectivity index (χ1v) is 8.40. The molecule has 4 atom stereocenters. The minimum atomic E-state index is -0.787. The van der Waals surface area contributed by atoms with Gasteiger partial charge in [-0.2, -0.15) is 0 Å². The van der Waals surface area contributed by atoms with E-state index < -0.39 is 18.0 Å². The standard InChI is InChI=1S/C18H25NO5/c1-18(2)23-14(10-20)17(24-18)16-13(8-9-15(21)19-16)22-11-12-6-4-3-5-7-12/h3-7,13-14,16-17,20H,8-11H2,1-2H3,(H,19,21)/t13-,14-,16-,17-/m1/s1. The Bertz CT molecular complexity index is 562. The third-order valence-corrected chi connectivity index (χ3v) is 4.45. The van der Waals surface area contributed by atoms with E-state index in [-0.39, 0.29) is 24.7 Å². The Morgan fingerprint density at radius 2 is 2.04 bits per heavy atom. The van der Waals surface area contributed by atoms with Gasteiger partial charge in [0, 0.05) is 6.42 Å². The highest BCUT2D eigenvalue weighted by Crippen LogP contribution is 2.33. The summed E-state index contributed by atoms with van der Waals surface area (Å²) in [6, 6.07) is 9.57. The van der Waals surface area contributed by atoms with E-state index in [0.29, 0.717) is 19.4 Å². The van der Waals surface area contributed by atoms with Crippen molar-refractivity contribution in [2.45, 2.75) is 63.4 Å². The Hall–Kier alpha value is -1.47. The molecular formula is C18H25NO5. The van der Waals surface area contributed by atoms with E-state index in [1.54, 1.807) is 13.8 Å². The molecule has 2 saturated heterocycles. The van der Waals surface area contributed by atoms with Crippen LogP contribution in [-0.4, -0.2) is 47.8 Å². The molecule has 0 saturated carbocycles. The topological polar surface area (TPSA) is 77.0 Å². The summed E-state index contributed by atoms with van der Waals surface area (Å²) in [6.07, 6.45) is -0.0425. The molecule has 0 bridgehead atoms. The summed E-state index contributed by atoms with van der Waals surface area (Å²) in [7, 11) is 0. The molecule has 2 aliphatic rings. The van der Waals surface area contributed by atoms with Crippen molar-refractivity contribution in [1.29, 1.82) is 0 Å². The Morgan fingerprint density at radius 3 is 2.75 bits per heavy atom. The first kappa shape index (κ1) is 17.4. The van der Waals surface area contributed by atoms with Gasteiger partial charge in [0.15, 0.2) is 5.79 Å². The summed E-state index contributed by atoms with van der Waals surface area (Å²) in [5, 5.41) is 12.6. The SMILES string of the molecule is CC1(C)O[C@@H]([C@@H]2NC(=O)CC[C@H]2OCc2ccccc2)[C@@H](CO)O1. The number of aliphatic hydroxyl groups excluding tert-OH is 1. The van der Waals surface area contributed by atoms with Crippen molar-refractivity contribution in [2.75, 3.05) is 6.61 Å². The molecule has 2 N–H and O–H groups in total. The van der Waals surface area contributed by atoms with E-state index in [9.17, 15) is 9.90 Å². The molecule has 6 nitrogen and oxygen atoms in total. The molecule has 132 valence electrons. The maximum absolute atomic E-state index is 11.9. The number of carbonyl (C=O) groups is 1. The zero-order valence-electron chi connectivity index (χ0n) is 14.1. The van der Waals surface area contributed by atoms with Crippen LogP contribution in [0, 0.1) is 0 Å². The van der Waals surface area contributed by atoms with E-state index in [1.807, 2.05) is 30.3 Å². The molecule has 2 fully saturated rings. The molecule has 2 aliphatic heterocycles. The van der Waals surface area contributed by atoms with Crippen molar-refractivity contribution in [1.82, 2.24) is 5.32 Å². The monoisotopic (exact) mass is 335 g/mol. The molecule has 1 aromatic rings. The molecule has 1 amide bonds. The first-order valence-electron chi connectivity index (χ1n) is 8.40. The lowest BCUT2D eigenvalue weighted by Crippen LogP contribution is -2.58. The summed E-state index contributed by atoms with van der Waals surface area (Å²) in [5.41, 5.74) is 1.08. The van der Waals surface area contributed by atoms with Gasteiger partial charge in [-0.25, -0.2) is 0 Å². The fourth-order valence-corrected chi connectivity index (χ4v) is 3.37. The molecule has 0 aliphatic carbocycles. The normalized spacial score (nSPS) is 32.5. The number of carbonyl (C=O) groups excluding carboxylic acids is 1. The van der Waals surface area contributed by atoms with Crippen LogP contribution in [-0.2, 0) is 25.6 Å². The third-order valence-electron chi connectivity index (χ3n) is 4.45. The van der Waals surface area contributed by atoms with Crippen LogP contribution < -0.4 is 5.32 Å². The van der Waals surface area contributed by atoms with Gasteiger partial charge in [-0.15, -0.1) is 0 Å². The van der Waals surface area contributed by atoms with Gasteiger partial charge in [-0.1, -0.05) is 30.3 Å². The lowest BCUT2D eigenvalue weighted by Gasteiger charge is -2.36. The van der Waals surface area contributed by atoms with Crippen LogP contribution in [0.3, 0.4) is 0 Å². The summed E-state index contributed by atoms with van der Waals surface area (Å²) in [4.78, 5) is 11.9. The van der Waals surface area contributed by atoms with Gasteiger partial charge in [-0.05, 0) is 25.8 Å². The van der Waals surface area contributed by atoms with E-state index in [4.69, 9.17) is 14.2 Å². The summed E-state index contributed by atoms with van der Waals surface area (Å²) in [6.45, 7) is 3.92. The predicted molar refractivity (Wildman–Crippen MR) is 87.1 cm³/mol. The van der Waals surface area contributed by atoms with Crippen LogP contribution in [0.15, 0.2) is 30.3 Å². The molecule has 0 spiro atoms. The van der Waals surface area contributed by atoms with Gasteiger partial charge in [0.25, 0.3) is 0 Å². The summed E-state index contributed by atoms with van der Waals surface area (Å²) < 4.78 is 17.7. The second-order valence-corrected chi connectivity index (χ2v) is 6.79. The number of nitrogens with one attached hydrogen (secondary N) is 1. The van der Waals surface area contributed by atoms with Crippen molar-refractivity contribution >= 4 is 5.91 Å². The summed E-state index contributed by atoms with van der Waals surface area (Å²) in [5.74, 6) is -0.811. The smallest absolute Gasteiger partial charge is 0.220 e. The molecule has 0 aromatic heterocycles. The molecule has 1 aromatic carbocycles. The van der Waals surface area contributed by atoms with Crippen LogP contribution in [0.4, 0.5) is 0 Å². The maximum atomic E-state index is 11.9. The fourth-order valence-electron chi connectivity index (χ4n) is 3.37. The zero-order chi connectivity index (χ0) is 17.2. The van der Waals surface area contributed by atoms with E-state index in [0.717, 1.165) is 5.56 Å². The number of hydrogen-bond donors (Lipinski definition) is 2. The second-order valence-electron chi connectivity index (χ2n) is 6.79. The van der Waals surface area contributed by atoms with Crippen LogP contribution in [0.5, 0.6) is 0 Å². The quantitative estimate of drug-likeness (QED) is 0.850. The summed E-state index contributed by atoms with van der Waals surface area (Å²) >= 11 is 0. The number of ether oxygens (including phenoxy) is 3. The van der Waals surface area contributed by atoms with Gasteiger partial charge in [0.05, 0.1) is 25.4 Å². The van der Waals surface area contributed by atoms with Crippen LogP contribution in [0.1, 0.15) is 32.3 Å². The van der Waals surface area contributed by atoms with Crippen molar-refractivity contribution in [3.8, 4) is 0 Å². The van der Waals surface area contributed by atoms with Crippen molar-refractivity contribution < 1.29 is 24.1 Å². The van der Waals surface area contributed by atoms with Crippen LogP contribution in [0.2, 0.25) is 0 Å². The molecule has 6 heteroatoms. The molecule has 0 unspecified atom stereocenters. The molecular weight excluding hydrogens is 310 g/mol.